The molecular weight excluding hydrogens is 366 g/mol. The number of carbonyl (C=O) groups is 1. The first kappa shape index (κ1) is 21.2. The van der Waals surface area contributed by atoms with Crippen molar-refractivity contribution in [2.75, 3.05) is 45.5 Å². The number of hydrogen-bond donors (Lipinski definition) is 0. The molecule has 0 unspecified atom stereocenters. The number of nitrogens with zero attached hydrogens (tertiary/aromatic N) is 3. The van der Waals surface area contributed by atoms with Crippen LogP contribution in [-0.2, 0) is 0 Å². The van der Waals surface area contributed by atoms with Crippen LogP contribution in [0.15, 0.2) is 35.2 Å². The predicted molar refractivity (Wildman–Crippen MR) is 119 cm³/mol. The van der Waals surface area contributed by atoms with Gasteiger partial charge in [-0.25, -0.2) is 0 Å². The van der Waals surface area contributed by atoms with Gasteiger partial charge < -0.3 is 9.47 Å². The van der Waals surface area contributed by atoms with E-state index in [0.29, 0.717) is 12.5 Å². The SMILES string of the molecule is CSc1cccc(-n2c(C)cc(C(=O)CN3CCN(CC(C)C)CC3)c2C)c1. The maximum Gasteiger partial charge on any atom is 0.178 e. The van der Waals surface area contributed by atoms with Crippen LogP contribution in [0, 0.1) is 19.8 Å². The molecule has 0 spiro atoms. The summed E-state index contributed by atoms with van der Waals surface area (Å²) in [7, 11) is 0. The molecule has 28 heavy (non-hydrogen) atoms. The fourth-order valence-corrected chi connectivity index (χ4v) is 4.58. The maximum absolute atomic E-state index is 13.0. The fraction of sp³-hybridized carbons (Fsp3) is 0.522. The van der Waals surface area contributed by atoms with Gasteiger partial charge in [-0.2, -0.15) is 0 Å². The minimum Gasteiger partial charge on any atom is -0.318 e. The highest BCUT2D eigenvalue weighted by atomic mass is 32.2. The number of aromatic nitrogens is 1. The van der Waals surface area contributed by atoms with Crippen molar-refractivity contribution in [1.82, 2.24) is 14.4 Å². The van der Waals surface area contributed by atoms with E-state index in [9.17, 15) is 4.79 Å². The quantitative estimate of drug-likeness (QED) is 0.513. The number of piperazine rings is 1. The molecule has 0 atom stereocenters. The Hall–Kier alpha value is -1.56. The molecule has 0 aliphatic carbocycles. The normalized spacial score (nSPS) is 16.1. The molecule has 2 aromatic rings. The van der Waals surface area contributed by atoms with Crippen molar-refractivity contribution in [2.45, 2.75) is 32.6 Å². The van der Waals surface area contributed by atoms with Gasteiger partial charge >= 0.3 is 0 Å². The standard InChI is InChI=1S/C23H33N3OS/c1-17(2)15-24-9-11-25(12-10-24)16-23(27)22-13-18(3)26(19(22)4)20-7-6-8-21(14-20)28-5/h6-8,13-14,17H,9-12,15-16H2,1-5H3. The largest absolute Gasteiger partial charge is 0.318 e. The fourth-order valence-electron chi connectivity index (χ4n) is 4.13. The second kappa shape index (κ2) is 9.29. The third kappa shape index (κ3) is 4.88. The van der Waals surface area contributed by atoms with Crippen molar-refractivity contribution in [3.8, 4) is 5.69 Å². The van der Waals surface area contributed by atoms with Gasteiger partial charge in [-0.05, 0) is 50.3 Å². The molecule has 3 rings (SSSR count). The van der Waals surface area contributed by atoms with Gasteiger partial charge in [0.1, 0.15) is 0 Å². The molecule has 0 amide bonds. The van der Waals surface area contributed by atoms with Gasteiger partial charge in [-0.15, -0.1) is 11.8 Å². The van der Waals surface area contributed by atoms with Crippen molar-refractivity contribution < 1.29 is 4.79 Å². The molecule has 1 aliphatic rings. The molecule has 1 aromatic heterocycles. The molecule has 0 N–H and O–H groups in total. The zero-order valence-corrected chi connectivity index (χ0v) is 18.7. The van der Waals surface area contributed by atoms with Crippen LogP contribution in [0.4, 0.5) is 0 Å². The Kier molecular flexibility index (Phi) is 7.02. The predicted octanol–water partition coefficient (Wildman–Crippen LogP) is 4.27. The van der Waals surface area contributed by atoms with Crippen molar-refractivity contribution in [2.24, 2.45) is 5.92 Å². The molecule has 0 bridgehead atoms. The molecule has 152 valence electrons. The Bertz CT molecular complexity index is 819. The van der Waals surface area contributed by atoms with Crippen molar-refractivity contribution in [3.63, 3.8) is 0 Å². The second-order valence-corrected chi connectivity index (χ2v) is 9.10. The summed E-state index contributed by atoms with van der Waals surface area (Å²) in [5, 5.41) is 0. The average Bonchev–Trinajstić information content (AvgIpc) is 2.97. The van der Waals surface area contributed by atoms with Crippen LogP contribution in [0.25, 0.3) is 5.69 Å². The number of rotatable bonds is 7. The number of benzene rings is 1. The summed E-state index contributed by atoms with van der Waals surface area (Å²) in [6.45, 7) is 14.4. The molecule has 0 radical (unpaired) electrons. The first-order chi connectivity index (χ1) is 13.4. The van der Waals surface area contributed by atoms with Crippen LogP contribution in [0.1, 0.15) is 35.6 Å². The van der Waals surface area contributed by atoms with Gasteiger partial charge in [0.15, 0.2) is 5.78 Å². The Balaban J connectivity index is 1.70. The van der Waals surface area contributed by atoms with Crippen molar-refractivity contribution in [3.05, 3.63) is 47.3 Å². The highest BCUT2D eigenvalue weighted by molar-refractivity contribution is 7.98. The smallest absolute Gasteiger partial charge is 0.178 e. The third-order valence-corrected chi connectivity index (χ3v) is 6.22. The summed E-state index contributed by atoms with van der Waals surface area (Å²) in [6.07, 6.45) is 2.09. The lowest BCUT2D eigenvalue weighted by atomic mass is 10.1. The highest BCUT2D eigenvalue weighted by Gasteiger charge is 2.22. The van der Waals surface area contributed by atoms with Crippen LogP contribution in [0.2, 0.25) is 0 Å². The molecule has 5 heteroatoms. The zero-order chi connectivity index (χ0) is 20.3. The van der Waals surface area contributed by atoms with E-state index in [2.05, 4.69) is 78.6 Å². The summed E-state index contributed by atoms with van der Waals surface area (Å²) < 4.78 is 2.20. The van der Waals surface area contributed by atoms with Gasteiger partial charge in [-0.1, -0.05) is 19.9 Å². The number of ketones is 1. The number of thioether (sulfide) groups is 1. The van der Waals surface area contributed by atoms with E-state index in [4.69, 9.17) is 0 Å². The first-order valence-corrected chi connectivity index (χ1v) is 11.4. The second-order valence-electron chi connectivity index (χ2n) is 8.22. The maximum atomic E-state index is 13.0. The minimum atomic E-state index is 0.234. The lowest BCUT2D eigenvalue weighted by molar-refractivity contribution is 0.0837. The van der Waals surface area contributed by atoms with Gasteiger partial charge in [0.2, 0.25) is 0 Å². The zero-order valence-electron chi connectivity index (χ0n) is 17.9. The number of Topliss-reactive ketones (excluding diaryl/α,β-unsaturated/α-hetero) is 1. The number of aryl methyl sites for hydroxylation is 1. The van der Waals surface area contributed by atoms with E-state index >= 15 is 0 Å². The Morgan fingerprint density at radius 2 is 1.75 bits per heavy atom. The summed E-state index contributed by atoms with van der Waals surface area (Å²) in [5.74, 6) is 0.931. The lowest BCUT2D eigenvalue weighted by Crippen LogP contribution is -2.48. The van der Waals surface area contributed by atoms with Crippen LogP contribution in [0.3, 0.4) is 0 Å². The lowest BCUT2D eigenvalue weighted by Gasteiger charge is -2.35. The number of hydrogen-bond acceptors (Lipinski definition) is 4. The van der Waals surface area contributed by atoms with Crippen molar-refractivity contribution in [1.29, 1.82) is 0 Å². The Morgan fingerprint density at radius 3 is 2.39 bits per heavy atom. The van der Waals surface area contributed by atoms with Gasteiger partial charge in [0, 0.05) is 60.3 Å². The van der Waals surface area contributed by atoms with Gasteiger partial charge in [-0.3, -0.25) is 9.69 Å². The van der Waals surface area contributed by atoms with E-state index in [1.54, 1.807) is 11.8 Å². The Morgan fingerprint density at radius 1 is 1.07 bits per heavy atom. The topological polar surface area (TPSA) is 28.5 Å². The summed E-state index contributed by atoms with van der Waals surface area (Å²) >= 11 is 1.74. The summed E-state index contributed by atoms with van der Waals surface area (Å²) in [4.78, 5) is 19.1. The van der Waals surface area contributed by atoms with E-state index in [1.807, 2.05) is 0 Å². The first-order valence-electron chi connectivity index (χ1n) is 10.2. The average molecular weight is 400 g/mol. The van der Waals surface area contributed by atoms with Crippen molar-refractivity contribution >= 4 is 17.5 Å². The molecular formula is C23H33N3OS. The van der Waals surface area contributed by atoms with E-state index in [1.165, 1.54) is 4.90 Å². The minimum absolute atomic E-state index is 0.234. The molecule has 4 nitrogen and oxygen atoms in total. The Labute approximate surface area is 173 Å². The summed E-state index contributed by atoms with van der Waals surface area (Å²) in [6, 6.07) is 10.6. The highest BCUT2D eigenvalue weighted by Crippen LogP contribution is 2.25. The molecule has 0 saturated carbocycles. The van der Waals surface area contributed by atoms with E-state index in [-0.39, 0.29) is 5.78 Å². The summed E-state index contributed by atoms with van der Waals surface area (Å²) in [5.41, 5.74) is 4.14. The van der Waals surface area contributed by atoms with Gasteiger partial charge in [0.05, 0.1) is 6.54 Å². The van der Waals surface area contributed by atoms with Crippen LogP contribution >= 0.6 is 11.8 Å². The molecule has 1 saturated heterocycles. The monoisotopic (exact) mass is 399 g/mol. The molecule has 1 aromatic carbocycles. The molecule has 2 heterocycles. The number of carbonyl (C=O) groups excluding carboxylic acids is 1. The van der Waals surface area contributed by atoms with Crippen LogP contribution in [0.5, 0.6) is 0 Å². The van der Waals surface area contributed by atoms with E-state index < -0.39 is 0 Å². The molecule has 1 aliphatic heterocycles. The molecule has 1 fully saturated rings. The van der Waals surface area contributed by atoms with Gasteiger partial charge in [0.25, 0.3) is 0 Å². The third-order valence-electron chi connectivity index (χ3n) is 5.50. The van der Waals surface area contributed by atoms with E-state index in [0.717, 1.165) is 55.4 Å². The van der Waals surface area contributed by atoms with Crippen LogP contribution in [-0.4, -0.2) is 65.7 Å². The van der Waals surface area contributed by atoms with Crippen LogP contribution < -0.4 is 0 Å².